The number of benzene rings is 1. The first kappa shape index (κ1) is 16.9. The summed E-state index contributed by atoms with van der Waals surface area (Å²) in [4.78, 5) is 19.1. The van der Waals surface area contributed by atoms with Gasteiger partial charge in [-0.05, 0) is 30.3 Å². The molecule has 1 aromatic heterocycles. The number of nitrogens with zero attached hydrogens (tertiary/aromatic N) is 2. The molecule has 10 heteroatoms. The van der Waals surface area contributed by atoms with Crippen molar-refractivity contribution in [3.05, 3.63) is 47.8 Å². The molecular weight excluding hydrogens is 335 g/mol. The first-order chi connectivity index (χ1) is 10.6. The minimum absolute atomic E-state index is 0.113. The van der Waals surface area contributed by atoms with Gasteiger partial charge in [0.1, 0.15) is 5.69 Å². The molecule has 0 radical (unpaired) electrons. The molecule has 0 aliphatic heterocycles. The Labute approximate surface area is 129 Å². The molecule has 23 heavy (non-hydrogen) atoms. The van der Waals surface area contributed by atoms with Crippen molar-refractivity contribution in [2.75, 3.05) is 11.6 Å². The predicted octanol–water partition coefficient (Wildman–Crippen LogP) is 2.15. The number of carbonyl (C=O) groups excluding carboxylic acids is 1. The summed E-state index contributed by atoms with van der Waals surface area (Å²) < 4.78 is 60.0. The van der Waals surface area contributed by atoms with Crippen molar-refractivity contribution in [1.82, 2.24) is 9.97 Å². The smallest absolute Gasteiger partial charge is 0.321 e. The quantitative estimate of drug-likeness (QED) is 0.861. The monoisotopic (exact) mass is 345 g/mol. The Morgan fingerprint density at radius 2 is 1.74 bits per heavy atom. The van der Waals surface area contributed by atoms with E-state index in [9.17, 15) is 26.4 Å². The van der Waals surface area contributed by atoms with Crippen LogP contribution in [0.25, 0.3) is 0 Å². The Bertz CT molecular complexity index is 834. The van der Waals surface area contributed by atoms with Crippen LogP contribution in [0.5, 0.6) is 0 Å². The van der Waals surface area contributed by atoms with Crippen LogP contribution in [-0.2, 0) is 16.0 Å². The van der Waals surface area contributed by atoms with Crippen molar-refractivity contribution >= 4 is 21.4 Å². The van der Waals surface area contributed by atoms with E-state index in [1.165, 1.54) is 6.07 Å². The van der Waals surface area contributed by atoms with Gasteiger partial charge < -0.3 is 5.32 Å². The fourth-order valence-corrected chi connectivity index (χ4v) is 2.10. The van der Waals surface area contributed by atoms with E-state index in [4.69, 9.17) is 0 Å². The molecule has 0 unspecified atom stereocenters. The normalized spacial score (nSPS) is 12.0. The van der Waals surface area contributed by atoms with E-state index in [1.54, 1.807) is 0 Å². The van der Waals surface area contributed by atoms with Crippen LogP contribution in [0.2, 0.25) is 0 Å². The lowest BCUT2D eigenvalue weighted by Gasteiger charge is -2.08. The lowest BCUT2D eigenvalue weighted by atomic mass is 10.2. The van der Waals surface area contributed by atoms with E-state index in [1.807, 2.05) is 0 Å². The van der Waals surface area contributed by atoms with Crippen molar-refractivity contribution in [1.29, 1.82) is 0 Å². The van der Waals surface area contributed by atoms with Crippen LogP contribution in [-0.4, -0.2) is 30.5 Å². The first-order valence-electron chi connectivity index (χ1n) is 6.09. The van der Waals surface area contributed by atoms with E-state index in [0.717, 1.165) is 36.7 Å². The Morgan fingerprint density at radius 3 is 2.26 bits per heavy atom. The number of carbonyl (C=O) groups is 1. The molecule has 2 aromatic rings. The van der Waals surface area contributed by atoms with Gasteiger partial charge in [-0.25, -0.2) is 18.4 Å². The van der Waals surface area contributed by atoms with Crippen LogP contribution in [0.1, 0.15) is 16.1 Å². The van der Waals surface area contributed by atoms with Crippen molar-refractivity contribution < 1.29 is 26.4 Å². The molecule has 0 bridgehead atoms. The summed E-state index contributed by atoms with van der Waals surface area (Å²) in [6, 6.07) is 4.99. The zero-order chi connectivity index (χ0) is 17.3. The van der Waals surface area contributed by atoms with E-state index >= 15 is 0 Å². The third-order valence-corrected chi connectivity index (χ3v) is 3.53. The van der Waals surface area contributed by atoms with Gasteiger partial charge >= 0.3 is 6.18 Å². The number of rotatable bonds is 3. The lowest BCUT2D eigenvalue weighted by molar-refractivity contribution is -0.137. The molecule has 0 atom stereocenters. The number of aromatic nitrogens is 2. The van der Waals surface area contributed by atoms with Gasteiger partial charge in [0.25, 0.3) is 5.91 Å². The number of halogens is 3. The number of alkyl halides is 3. The van der Waals surface area contributed by atoms with Crippen LogP contribution < -0.4 is 5.32 Å². The maximum Gasteiger partial charge on any atom is 0.416 e. The van der Waals surface area contributed by atoms with Gasteiger partial charge in [-0.3, -0.25) is 4.79 Å². The largest absolute Gasteiger partial charge is 0.416 e. The number of amides is 1. The molecule has 1 heterocycles. The number of hydrogen-bond donors (Lipinski definition) is 1. The number of anilines is 1. The Morgan fingerprint density at radius 1 is 1.13 bits per heavy atom. The Kier molecular flexibility index (Phi) is 4.37. The third kappa shape index (κ3) is 4.25. The van der Waals surface area contributed by atoms with Gasteiger partial charge in [-0.2, -0.15) is 13.2 Å². The van der Waals surface area contributed by atoms with Gasteiger partial charge in [0.15, 0.2) is 0 Å². The summed E-state index contributed by atoms with van der Waals surface area (Å²) in [7, 11) is -3.68. The topological polar surface area (TPSA) is 89.0 Å². The van der Waals surface area contributed by atoms with Crippen LogP contribution >= 0.6 is 0 Å². The van der Waals surface area contributed by atoms with E-state index in [-0.39, 0.29) is 11.4 Å². The fraction of sp³-hybridized carbons (Fsp3) is 0.154. The summed E-state index contributed by atoms with van der Waals surface area (Å²) in [5, 5.41) is 1.81. The molecule has 1 N–H and O–H groups in total. The molecule has 6 nitrogen and oxygen atoms in total. The molecular formula is C13H10F3N3O3S. The molecule has 1 amide bonds. The minimum Gasteiger partial charge on any atom is -0.321 e. The zero-order valence-corrected chi connectivity index (χ0v) is 12.4. The van der Waals surface area contributed by atoms with E-state index in [2.05, 4.69) is 15.3 Å². The van der Waals surface area contributed by atoms with E-state index in [0.29, 0.717) is 0 Å². The van der Waals surface area contributed by atoms with Crippen LogP contribution in [0, 0.1) is 0 Å². The highest BCUT2D eigenvalue weighted by Gasteiger charge is 2.30. The maximum absolute atomic E-state index is 12.4. The van der Waals surface area contributed by atoms with Gasteiger partial charge in [0.05, 0.1) is 5.56 Å². The lowest BCUT2D eigenvalue weighted by Crippen LogP contribution is -2.16. The molecule has 0 saturated carbocycles. The number of sulfone groups is 1. The summed E-state index contributed by atoms with van der Waals surface area (Å²) in [6.45, 7) is 0. The van der Waals surface area contributed by atoms with Gasteiger partial charge in [-0.15, -0.1) is 0 Å². The van der Waals surface area contributed by atoms with Crippen LogP contribution in [0.4, 0.5) is 18.9 Å². The van der Waals surface area contributed by atoms with Crippen molar-refractivity contribution in [2.24, 2.45) is 0 Å². The van der Waals surface area contributed by atoms with Crippen LogP contribution in [0.3, 0.4) is 0 Å². The SMILES string of the molecule is CS(=O)(=O)c1nccc(C(=O)Nc2ccc(C(F)(F)F)cc2)n1. The Hall–Kier alpha value is -2.49. The minimum atomic E-state index is -4.47. The van der Waals surface area contributed by atoms with Crippen molar-refractivity contribution in [3.8, 4) is 0 Å². The zero-order valence-electron chi connectivity index (χ0n) is 11.6. The molecule has 122 valence electrons. The van der Waals surface area contributed by atoms with Crippen molar-refractivity contribution in [2.45, 2.75) is 11.3 Å². The molecule has 0 aliphatic rings. The second-order valence-corrected chi connectivity index (χ2v) is 6.44. The van der Waals surface area contributed by atoms with Gasteiger partial charge in [0.2, 0.25) is 15.0 Å². The second kappa shape index (κ2) is 5.95. The Balaban J connectivity index is 2.20. The standard InChI is InChI=1S/C13H10F3N3O3S/c1-23(21,22)12-17-7-6-10(19-12)11(20)18-9-4-2-8(3-5-9)13(14,15)16/h2-7H,1H3,(H,18,20). The third-order valence-electron chi connectivity index (χ3n) is 2.67. The van der Waals surface area contributed by atoms with Gasteiger partial charge in [0, 0.05) is 18.1 Å². The molecule has 0 spiro atoms. The molecule has 1 aromatic carbocycles. The number of nitrogens with one attached hydrogen (secondary N) is 1. The predicted molar refractivity (Wildman–Crippen MR) is 74.5 cm³/mol. The summed E-state index contributed by atoms with van der Waals surface area (Å²) >= 11 is 0. The van der Waals surface area contributed by atoms with Crippen LogP contribution in [0.15, 0.2) is 41.7 Å². The van der Waals surface area contributed by atoms with E-state index < -0.39 is 32.6 Å². The summed E-state index contributed by atoms with van der Waals surface area (Å²) in [5.41, 5.74) is -0.959. The fourth-order valence-electron chi connectivity index (χ4n) is 1.58. The highest BCUT2D eigenvalue weighted by molar-refractivity contribution is 7.90. The number of hydrogen-bond acceptors (Lipinski definition) is 5. The highest BCUT2D eigenvalue weighted by atomic mass is 32.2. The summed E-state index contributed by atoms with van der Waals surface area (Å²) in [5.74, 6) is -0.767. The highest BCUT2D eigenvalue weighted by Crippen LogP contribution is 2.29. The first-order valence-corrected chi connectivity index (χ1v) is 7.98. The average Bonchev–Trinajstić information content (AvgIpc) is 2.46. The molecule has 0 fully saturated rings. The average molecular weight is 345 g/mol. The van der Waals surface area contributed by atoms with Gasteiger partial charge in [-0.1, -0.05) is 0 Å². The molecule has 0 saturated heterocycles. The second-order valence-electron chi connectivity index (χ2n) is 4.53. The summed E-state index contributed by atoms with van der Waals surface area (Å²) in [6.07, 6.45) is -2.48. The molecule has 0 aliphatic carbocycles. The molecule has 2 rings (SSSR count). The van der Waals surface area contributed by atoms with Crippen molar-refractivity contribution in [3.63, 3.8) is 0 Å². The maximum atomic E-state index is 12.4.